The average molecular weight is 217 g/mol. The van der Waals surface area contributed by atoms with Crippen LogP contribution < -0.4 is 4.90 Å². The highest BCUT2D eigenvalue weighted by Crippen LogP contribution is 2.25. The molecule has 0 unspecified atom stereocenters. The minimum atomic E-state index is 0.931. The van der Waals surface area contributed by atoms with E-state index in [2.05, 4.69) is 48.8 Å². The van der Waals surface area contributed by atoms with Crippen LogP contribution in [-0.4, -0.2) is 37.6 Å². The number of piperazine rings is 1. The molecule has 1 aromatic rings. The number of aryl methyl sites for hydroxylation is 2. The third-order valence-corrected chi connectivity index (χ3v) is 3.44. The fourth-order valence-electron chi connectivity index (χ4n) is 2.50. The van der Waals surface area contributed by atoms with Crippen LogP contribution in [0.25, 0.3) is 0 Å². The van der Waals surface area contributed by atoms with Gasteiger partial charge in [0.25, 0.3) is 0 Å². The van der Waals surface area contributed by atoms with Crippen molar-refractivity contribution in [2.24, 2.45) is 0 Å². The molecule has 1 radical (unpaired) electrons. The van der Waals surface area contributed by atoms with Crippen molar-refractivity contribution in [3.8, 4) is 0 Å². The van der Waals surface area contributed by atoms with Gasteiger partial charge in [-0.25, -0.2) is 0 Å². The summed E-state index contributed by atoms with van der Waals surface area (Å²) < 4.78 is 0. The SMILES string of the molecule is [CH2]CN1CCN(c2c(C)cccc2C)CC1. The minimum absolute atomic E-state index is 0.931. The lowest BCUT2D eigenvalue weighted by molar-refractivity contribution is 0.282. The monoisotopic (exact) mass is 217 g/mol. The Morgan fingerprint density at radius 2 is 1.62 bits per heavy atom. The van der Waals surface area contributed by atoms with Gasteiger partial charge >= 0.3 is 0 Å². The highest BCUT2D eigenvalue weighted by Gasteiger charge is 2.18. The maximum atomic E-state index is 3.95. The summed E-state index contributed by atoms with van der Waals surface area (Å²) in [6.45, 7) is 13.8. The summed E-state index contributed by atoms with van der Waals surface area (Å²) in [6, 6.07) is 6.55. The normalized spacial score (nSPS) is 17.8. The van der Waals surface area contributed by atoms with E-state index in [4.69, 9.17) is 0 Å². The standard InChI is InChI=1S/C14H21N2/c1-4-15-8-10-16(11-9-15)14-12(2)6-5-7-13(14)3/h5-7H,1,4,8-11H2,2-3H3. The Balaban J connectivity index is 2.14. The van der Waals surface area contributed by atoms with Crippen LogP contribution in [0.5, 0.6) is 0 Å². The van der Waals surface area contributed by atoms with Crippen LogP contribution >= 0.6 is 0 Å². The number of rotatable bonds is 2. The minimum Gasteiger partial charge on any atom is -0.369 e. The van der Waals surface area contributed by atoms with Crippen LogP contribution in [0.15, 0.2) is 18.2 Å². The molecule has 1 aromatic carbocycles. The molecule has 2 nitrogen and oxygen atoms in total. The van der Waals surface area contributed by atoms with E-state index in [1.165, 1.54) is 16.8 Å². The number of hydrogen-bond acceptors (Lipinski definition) is 2. The summed E-state index contributed by atoms with van der Waals surface area (Å²) in [6.07, 6.45) is 0. The van der Waals surface area contributed by atoms with Crippen LogP contribution in [0.3, 0.4) is 0 Å². The maximum absolute atomic E-state index is 3.95. The predicted molar refractivity (Wildman–Crippen MR) is 69.9 cm³/mol. The van der Waals surface area contributed by atoms with Gasteiger partial charge in [0.15, 0.2) is 0 Å². The quantitative estimate of drug-likeness (QED) is 0.750. The molecule has 1 aliphatic heterocycles. The number of para-hydroxylation sites is 1. The van der Waals surface area contributed by atoms with Gasteiger partial charge in [0.05, 0.1) is 0 Å². The Morgan fingerprint density at radius 1 is 1.06 bits per heavy atom. The second-order valence-electron chi connectivity index (χ2n) is 4.57. The molecule has 0 amide bonds. The van der Waals surface area contributed by atoms with Gasteiger partial charge in [0, 0.05) is 31.9 Å². The first-order valence-electron chi connectivity index (χ1n) is 6.05. The van der Waals surface area contributed by atoms with Crippen molar-refractivity contribution in [1.29, 1.82) is 0 Å². The van der Waals surface area contributed by atoms with Gasteiger partial charge < -0.3 is 4.90 Å². The van der Waals surface area contributed by atoms with Gasteiger partial charge in [0.2, 0.25) is 0 Å². The molecular formula is C14H21N2. The van der Waals surface area contributed by atoms with Crippen LogP contribution in [0.2, 0.25) is 0 Å². The van der Waals surface area contributed by atoms with E-state index in [0.717, 1.165) is 32.7 Å². The van der Waals surface area contributed by atoms with Gasteiger partial charge in [0.1, 0.15) is 0 Å². The fourth-order valence-corrected chi connectivity index (χ4v) is 2.50. The molecule has 1 saturated heterocycles. The largest absolute Gasteiger partial charge is 0.369 e. The van der Waals surface area contributed by atoms with Gasteiger partial charge in [-0.3, -0.25) is 4.90 Å². The first-order valence-corrected chi connectivity index (χ1v) is 6.05. The fraction of sp³-hybridized carbons (Fsp3) is 0.500. The Kier molecular flexibility index (Phi) is 3.49. The highest BCUT2D eigenvalue weighted by atomic mass is 15.3. The second-order valence-corrected chi connectivity index (χ2v) is 4.57. The lowest BCUT2D eigenvalue weighted by Crippen LogP contribution is -2.46. The molecule has 1 heterocycles. The third-order valence-electron chi connectivity index (χ3n) is 3.44. The zero-order valence-electron chi connectivity index (χ0n) is 10.4. The zero-order chi connectivity index (χ0) is 11.5. The summed E-state index contributed by atoms with van der Waals surface area (Å²) in [7, 11) is 0. The Labute approximate surface area is 98.9 Å². The molecule has 0 N–H and O–H groups in total. The topological polar surface area (TPSA) is 6.48 Å². The van der Waals surface area contributed by atoms with Gasteiger partial charge in [-0.05, 0) is 38.4 Å². The van der Waals surface area contributed by atoms with Crippen molar-refractivity contribution >= 4 is 5.69 Å². The summed E-state index contributed by atoms with van der Waals surface area (Å²) in [5, 5.41) is 0. The number of nitrogens with zero attached hydrogens (tertiary/aromatic N) is 2. The Bertz CT molecular complexity index is 332. The zero-order valence-corrected chi connectivity index (χ0v) is 10.4. The Morgan fingerprint density at radius 3 is 2.12 bits per heavy atom. The summed E-state index contributed by atoms with van der Waals surface area (Å²) >= 11 is 0. The lowest BCUT2D eigenvalue weighted by atomic mass is 10.1. The number of benzene rings is 1. The van der Waals surface area contributed by atoms with Crippen molar-refractivity contribution in [3.63, 3.8) is 0 Å². The van der Waals surface area contributed by atoms with Crippen molar-refractivity contribution in [2.45, 2.75) is 13.8 Å². The van der Waals surface area contributed by atoms with Crippen molar-refractivity contribution in [2.75, 3.05) is 37.6 Å². The molecule has 16 heavy (non-hydrogen) atoms. The van der Waals surface area contributed by atoms with E-state index >= 15 is 0 Å². The molecule has 0 saturated carbocycles. The second kappa shape index (κ2) is 4.88. The molecule has 0 aromatic heterocycles. The van der Waals surface area contributed by atoms with E-state index in [1.807, 2.05) is 0 Å². The summed E-state index contributed by atoms with van der Waals surface area (Å²) in [5.74, 6) is 0. The molecule has 2 rings (SSSR count). The van der Waals surface area contributed by atoms with E-state index in [9.17, 15) is 0 Å². The third kappa shape index (κ3) is 2.22. The van der Waals surface area contributed by atoms with E-state index in [0.29, 0.717) is 0 Å². The van der Waals surface area contributed by atoms with E-state index < -0.39 is 0 Å². The molecule has 0 bridgehead atoms. The van der Waals surface area contributed by atoms with E-state index in [1.54, 1.807) is 0 Å². The van der Waals surface area contributed by atoms with E-state index in [-0.39, 0.29) is 0 Å². The smallest absolute Gasteiger partial charge is 0.0426 e. The first-order chi connectivity index (χ1) is 7.72. The average Bonchev–Trinajstić information content (AvgIpc) is 2.30. The number of anilines is 1. The van der Waals surface area contributed by atoms with Gasteiger partial charge in [-0.1, -0.05) is 18.2 Å². The lowest BCUT2D eigenvalue weighted by Gasteiger charge is -2.37. The van der Waals surface area contributed by atoms with Crippen molar-refractivity contribution in [3.05, 3.63) is 36.2 Å². The van der Waals surface area contributed by atoms with Crippen LogP contribution in [0, 0.1) is 20.8 Å². The van der Waals surface area contributed by atoms with Crippen LogP contribution in [0.4, 0.5) is 5.69 Å². The van der Waals surface area contributed by atoms with Crippen LogP contribution in [0.1, 0.15) is 11.1 Å². The van der Waals surface area contributed by atoms with Gasteiger partial charge in [-0.15, -0.1) is 0 Å². The molecular weight excluding hydrogens is 196 g/mol. The molecule has 2 heteroatoms. The molecule has 0 atom stereocenters. The molecule has 1 aliphatic rings. The highest BCUT2D eigenvalue weighted by molar-refractivity contribution is 5.59. The first kappa shape index (κ1) is 11.5. The maximum Gasteiger partial charge on any atom is 0.0426 e. The number of hydrogen-bond donors (Lipinski definition) is 0. The predicted octanol–water partition coefficient (Wildman–Crippen LogP) is 2.26. The summed E-state index contributed by atoms with van der Waals surface area (Å²) in [4.78, 5) is 4.92. The molecule has 1 fully saturated rings. The molecule has 87 valence electrons. The van der Waals surface area contributed by atoms with Crippen molar-refractivity contribution in [1.82, 2.24) is 4.90 Å². The van der Waals surface area contributed by atoms with Crippen molar-refractivity contribution < 1.29 is 0 Å². The Hall–Kier alpha value is -1.02. The molecule has 0 spiro atoms. The molecule has 0 aliphatic carbocycles. The van der Waals surface area contributed by atoms with Gasteiger partial charge in [-0.2, -0.15) is 0 Å². The van der Waals surface area contributed by atoms with Crippen LogP contribution in [-0.2, 0) is 0 Å². The summed E-state index contributed by atoms with van der Waals surface area (Å²) in [5.41, 5.74) is 4.22.